The van der Waals surface area contributed by atoms with Gasteiger partial charge in [-0.15, -0.1) is 0 Å². The molecule has 18 heavy (non-hydrogen) atoms. The molecule has 1 aromatic rings. The van der Waals surface area contributed by atoms with E-state index in [9.17, 15) is 0 Å². The van der Waals surface area contributed by atoms with Crippen molar-refractivity contribution < 1.29 is 0 Å². The van der Waals surface area contributed by atoms with Crippen molar-refractivity contribution in [1.82, 2.24) is 5.32 Å². The minimum Gasteiger partial charge on any atom is -0.306 e. The maximum atomic E-state index is 3.96. The van der Waals surface area contributed by atoms with Gasteiger partial charge in [-0.3, -0.25) is 0 Å². The molecule has 0 spiro atoms. The van der Waals surface area contributed by atoms with Crippen LogP contribution in [-0.4, -0.2) is 6.54 Å². The molecular formula is C17H21N. The van der Waals surface area contributed by atoms with Crippen molar-refractivity contribution in [2.24, 2.45) is 0 Å². The lowest BCUT2D eigenvalue weighted by atomic mass is 9.91. The van der Waals surface area contributed by atoms with Crippen LogP contribution in [0.5, 0.6) is 0 Å². The summed E-state index contributed by atoms with van der Waals surface area (Å²) in [4.78, 5) is 0. The largest absolute Gasteiger partial charge is 0.306 e. The molecule has 1 nitrogen and oxygen atoms in total. The molecular weight excluding hydrogens is 218 g/mol. The summed E-state index contributed by atoms with van der Waals surface area (Å²) >= 11 is 0. The molecule has 1 aliphatic rings. The highest BCUT2D eigenvalue weighted by atomic mass is 14.9. The van der Waals surface area contributed by atoms with Crippen molar-refractivity contribution in [3.63, 3.8) is 0 Å². The zero-order valence-electron chi connectivity index (χ0n) is 11.2. The third-order valence-electron chi connectivity index (χ3n) is 3.53. The molecule has 0 saturated heterocycles. The smallest absolute Gasteiger partial charge is 0.0297 e. The Bertz CT molecular complexity index is 494. The Hall–Kier alpha value is -1.60. The number of hydrogen-bond donors (Lipinski definition) is 1. The van der Waals surface area contributed by atoms with Gasteiger partial charge in [0.25, 0.3) is 0 Å². The molecule has 1 heteroatoms. The monoisotopic (exact) mass is 239 g/mol. The molecule has 1 aliphatic heterocycles. The van der Waals surface area contributed by atoms with Gasteiger partial charge in [-0.05, 0) is 42.5 Å². The van der Waals surface area contributed by atoms with Crippen LogP contribution in [-0.2, 0) is 6.42 Å². The van der Waals surface area contributed by atoms with Gasteiger partial charge in [-0.2, -0.15) is 0 Å². The first kappa shape index (κ1) is 12.8. The fraction of sp³-hybridized carbons (Fsp3) is 0.294. The molecule has 0 aliphatic carbocycles. The Morgan fingerprint density at radius 3 is 2.78 bits per heavy atom. The van der Waals surface area contributed by atoms with Crippen LogP contribution < -0.4 is 5.32 Å². The SMILES string of the molecule is C=C/C1=C(\C=C/C)CNC(C)c2ccccc2C1. The second-order valence-electron chi connectivity index (χ2n) is 4.73. The quantitative estimate of drug-likeness (QED) is 0.824. The highest BCUT2D eigenvalue weighted by molar-refractivity contribution is 5.42. The Balaban J connectivity index is 2.47. The summed E-state index contributed by atoms with van der Waals surface area (Å²) in [6.07, 6.45) is 7.25. The molecule has 0 bridgehead atoms. The van der Waals surface area contributed by atoms with Gasteiger partial charge >= 0.3 is 0 Å². The lowest BCUT2D eigenvalue weighted by molar-refractivity contribution is 0.598. The van der Waals surface area contributed by atoms with Crippen LogP contribution in [0.3, 0.4) is 0 Å². The maximum Gasteiger partial charge on any atom is 0.0297 e. The zero-order chi connectivity index (χ0) is 13.0. The molecule has 0 aromatic heterocycles. The van der Waals surface area contributed by atoms with Crippen molar-refractivity contribution in [3.05, 3.63) is 71.3 Å². The van der Waals surface area contributed by atoms with E-state index in [-0.39, 0.29) is 0 Å². The van der Waals surface area contributed by atoms with Crippen molar-refractivity contribution in [2.75, 3.05) is 6.54 Å². The fourth-order valence-corrected chi connectivity index (χ4v) is 2.49. The minimum atomic E-state index is 0.396. The molecule has 1 atom stereocenters. The lowest BCUT2D eigenvalue weighted by Crippen LogP contribution is -2.24. The summed E-state index contributed by atoms with van der Waals surface area (Å²) in [6.45, 7) is 9.15. The van der Waals surface area contributed by atoms with Crippen LogP contribution in [0, 0.1) is 0 Å². The molecule has 0 fully saturated rings. The standard InChI is InChI=1S/C17H21N/c1-4-8-16-12-18-13(3)17-10-7-6-9-15(17)11-14(16)5-2/h4-10,13,18H,2,11-12H2,1,3H3/b8-4-,16-14-. The van der Waals surface area contributed by atoms with E-state index in [4.69, 9.17) is 0 Å². The average Bonchev–Trinajstić information content (AvgIpc) is 2.39. The Morgan fingerprint density at radius 1 is 1.28 bits per heavy atom. The molecule has 94 valence electrons. The topological polar surface area (TPSA) is 12.0 Å². The number of benzene rings is 1. The third-order valence-corrected chi connectivity index (χ3v) is 3.53. The fourth-order valence-electron chi connectivity index (χ4n) is 2.49. The van der Waals surface area contributed by atoms with Gasteiger partial charge in [0.1, 0.15) is 0 Å². The Kier molecular flexibility index (Phi) is 4.16. The molecule has 1 heterocycles. The Morgan fingerprint density at radius 2 is 2.06 bits per heavy atom. The highest BCUT2D eigenvalue weighted by Gasteiger charge is 2.15. The van der Waals surface area contributed by atoms with E-state index in [1.54, 1.807) is 0 Å². The van der Waals surface area contributed by atoms with E-state index in [0.717, 1.165) is 13.0 Å². The number of hydrogen-bond acceptors (Lipinski definition) is 1. The lowest BCUT2D eigenvalue weighted by Gasteiger charge is -2.23. The van der Waals surface area contributed by atoms with Crippen molar-refractivity contribution >= 4 is 0 Å². The van der Waals surface area contributed by atoms with E-state index >= 15 is 0 Å². The number of allylic oxidation sites excluding steroid dienone is 3. The molecule has 1 unspecified atom stereocenters. The molecule has 1 aromatic carbocycles. The predicted octanol–water partition coefficient (Wildman–Crippen LogP) is 3.95. The van der Waals surface area contributed by atoms with Gasteiger partial charge < -0.3 is 5.32 Å². The van der Waals surface area contributed by atoms with E-state index in [0.29, 0.717) is 6.04 Å². The van der Waals surface area contributed by atoms with E-state index in [2.05, 4.69) is 62.2 Å². The van der Waals surface area contributed by atoms with Gasteiger partial charge in [0.2, 0.25) is 0 Å². The normalized spacial score (nSPS) is 24.4. The van der Waals surface area contributed by atoms with E-state index in [1.807, 2.05) is 6.08 Å². The number of fused-ring (bicyclic) bond motifs is 1. The van der Waals surface area contributed by atoms with Gasteiger partial charge in [-0.1, -0.05) is 49.1 Å². The summed E-state index contributed by atoms with van der Waals surface area (Å²) in [5.41, 5.74) is 5.46. The molecule has 0 radical (unpaired) electrons. The first-order chi connectivity index (χ1) is 8.76. The first-order valence-electron chi connectivity index (χ1n) is 6.54. The van der Waals surface area contributed by atoms with Crippen LogP contribution in [0.2, 0.25) is 0 Å². The number of nitrogens with one attached hydrogen (secondary N) is 1. The van der Waals surface area contributed by atoms with E-state index in [1.165, 1.54) is 22.3 Å². The summed E-state index contributed by atoms with van der Waals surface area (Å²) in [5, 5.41) is 3.58. The number of rotatable bonds is 2. The van der Waals surface area contributed by atoms with Gasteiger partial charge in [0.15, 0.2) is 0 Å². The van der Waals surface area contributed by atoms with Crippen LogP contribution in [0.4, 0.5) is 0 Å². The predicted molar refractivity (Wildman–Crippen MR) is 78.6 cm³/mol. The minimum absolute atomic E-state index is 0.396. The van der Waals surface area contributed by atoms with E-state index < -0.39 is 0 Å². The average molecular weight is 239 g/mol. The van der Waals surface area contributed by atoms with Crippen molar-refractivity contribution in [1.29, 1.82) is 0 Å². The van der Waals surface area contributed by atoms with Crippen LogP contribution in [0.1, 0.15) is 31.0 Å². The molecule has 2 rings (SSSR count). The second-order valence-corrected chi connectivity index (χ2v) is 4.73. The molecule has 1 N–H and O–H groups in total. The van der Waals surface area contributed by atoms with Crippen LogP contribution >= 0.6 is 0 Å². The summed E-state index contributed by atoms with van der Waals surface area (Å²) in [7, 11) is 0. The van der Waals surface area contributed by atoms with Crippen molar-refractivity contribution in [2.45, 2.75) is 26.3 Å². The first-order valence-corrected chi connectivity index (χ1v) is 6.54. The van der Waals surface area contributed by atoms with Crippen LogP contribution in [0.25, 0.3) is 0 Å². The Labute approximate surface area is 110 Å². The zero-order valence-corrected chi connectivity index (χ0v) is 11.2. The van der Waals surface area contributed by atoms with Gasteiger partial charge in [0.05, 0.1) is 0 Å². The molecule has 0 amide bonds. The summed E-state index contributed by atoms with van der Waals surface area (Å²) in [6, 6.07) is 9.06. The highest BCUT2D eigenvalue weighted by Crippen LogP contribution is 2.25. The van der Waals surface area contributed by atoms with Crippen LogP contribution in [0.15, 0.2) is 60.2 Å². The summed E-state index contributed by atoms with van der Waals surface area (Å²) < 4.78 is 0. The maximum absolute atomic E-state index is 3.96. The summed E-state index contributed by atoms with van der Waals surface area (Å²) in [5.74, 6) is 0. The molecule has 0 saturated carbocycles. The van der Waals surface area contributed by atoms with Gasteiger partial charge in [0, 0.05) is 12.6 Å². The van der Waals surface area contributed by atoms with Gasteiger partial charge in [-0.25, -0.2) is 0 Å². The van der Waals surface area contributed by atoms with Crippen molar-refractivity contribution in [3.8, 4) is 0 Å². The second kappa shape index (κ2) is 5.83. The third kappa shape index (κ3) is 2.62.